The molecule has 0 aliphatic rings. The molecule has 0 radical (unpaired) electrons. The highest BCUT2D eigenvalue weighted by Crippen LogP contribution is 2.22. The van der Waals surface area contributed by atoms with E-state index in [0.717, 1.165) is 29.0 Å². The van der Waals surface area contributed by atoms with E-state index in [0.29, 0.717) is 13.2 Å². The zero-order valence-corrected chi connectivity index (χ0v) is 16.0. The molecule has 0 N–H and O–H groups in total. The van der Waals surface area contributed by atoms with Crippen molar-refractivity contribution in [1.82, 2.24) is 0 Å². The van der Waals surface area contributed by atoms with Gasteiger partial charge in [-0.1, -0.05) is 54.5 Å². The number of hydrogen-bond donors (Lipinski definition) is 0. The molecule has 3 nitrogen and oxygen atoms in total. The number of thiophene rings is 1. The molecule has 0 saturated heterocycles. The summed E-state index contributed by atoms with van der Waals surface area (Å²) in [5.74, 6) is 0.889. The maximum absolute atomic E-state index is 5.72. The Morgan fingerprint density at radius 3 is 2.46 bits per heavy atom. The van der Waals surface area contributed by atoms with Crippen molar-refractivity contribution in [1.29, 1.82) is 0 Å². The van der Waals surface area contributed by atoms with Gasteiger partial charge in [0.1, 0.15) is 12.4 Å². The van der Waals surface area contributed by atoms with Crippen LogP contribution in [0.1, 0.15) is 24.5 Å². The van der Waals surface area contributed by atoms with Crippen molar-refractivity contribution in [3.05, 3.63) is 76.5 Å². The van der Waals surface area contributed by atoms with Gasteiger partial charge in [0.25, 0.3) is 0 Å². The fourth-order valence-electron chi connectivity index (χ4n) is 2.64. The van der Waals surface area contributed by atoms with Crippen LogP contribution < -0.4 is 4.74 Å². The van der Waals surface area contributed by atoms with Crippen LogP contribution in [0.2, 0.25) is 0 Å². The third kappa shape index (κ3) is 4.73. The smallest absolute Gasteiger partial charge is 0.151 e. The van der Waals surface area contributed by atoms with Gasteiger partial charge in [-0.3, -0.25) is 0 Å². The molecule has 1 aromatic heterocycles. The first-order chi connectivity index (χ1) is 12.8. The maximum Gasteiger partial charge on any atom is 0.151 e. The van der Waals surface area contributed by atoms with Gasteiger partial charge >= 0.3 is 0 Å². The van der Waals surface area contributed by atoms with Crippen molar-refractivity contribution in [3.63, 3.8) is 0 Å². The molecule has 0 unspecified atom stereocenters. The second-order valence-corrected chi connectivity index (χ2v) is 6.71. The van der Waals surface area contributed by atoms with E-state index < -0.39 is 0 Å². The van der Waals surface area contributed by atoms with Crippen LogP contribution in [0.15, 0.2) is 70.5 Å². The van der Waals surface area contributed by atoms with Crippen LogP contribution in [-0.4, -0.2) is 18.9 Å². The molecule has 0 aliphatic carbocycles. The van der Waals surface area contributed by atoms with Crippen LogP contribution in [0.5, 0.6) is 5.75 Å². The van der Waals surface area contributed by atoms with E-state index >= 15 is 0 Å². The van der Waals surface area contributed by atoms with Crippen molar-refractivity contribution in [2.24, 2.45) is 5.16 Å². The Bertz CT molecular complexity index is 839. The zero-order chi connectivity index (χ0) is 18.2. The molecule has 0 fully saturated rings. The third-order valence-electron chi connectivity index (χ3n) is 4.11. The molecule has 0 saturated carbocycles. The quantitative estimate of drug-likeness (QED) is 0.281. The Balaban J connectivity index is 1.54. The summed E-state index contributed by atoms with van der Waals surface area (Å²) in [4.78, 5) is 5.47. The van der Waals surface area contributed by atoms with E-state index in [9.17, 15) is 0 Å². The van der Waals surface area contributed by atoms with Gasteiger partial charge in [0.2, 0.25) is 0 Å². The molecule has 0 atom stereocenters. The van der Waals surface area contributed by atoms with Gasteiger partial charge in [-0.05, 0) is 58.5 Å². The number of oxime groups is 1. The van der Waals surface area contributed by atoms with E-state index in [-0.39, 0.29) is 0 Å². The summed E-state index contributed by atoms with van der Waals surface area (Å²) >= 11 is 1.71. The SMILES string of the molecule is CC/C(=N\OCCOc1ccccc1C)c1ccc(-c2ccsc2)cc1. The molecule has 134 valence electrons. The van der Waals surface area contributed by atoms with Crippen molar-refractivity contribution in [3.8, 4) is 16.9 Å². The lowest BCUT2D eigenvalue weighted by Gasteiger charge is -2.09. The molecule has 0 amide bonds. The molecule has 2 aromatic carbocycles. The lowest BCUT2D eigenvalue weighted by molar-refractivity contribution is 0.106. The second-order valence-electron chi connectivity index (χ2n) is 5.93. The number of nitrogens with zero attached hydrogens (tertiary/aromatic N) is 1. The molecule has 0 spiro atoms. The number of rotatable bonds is 8. The predicted molar refractivity (Wildman–Crippen MR) is 109 cm³/mol. The van der Waals surface area contributed by atoms with Crippen LogP contribution in [0, 0.1) is 6.92 Å². The largest absolute Gasteiger partial charge is 0.490 e. The zero-order valence-electron chi connectivity index (χ0n) is 15.1. The van der Waals surface area contributed by atoms with E-state index in [1.807, 2.05) is 31.2 Å². The third-order valence-corrected chi connectivity index (χ3v) is 4.79. The topological polar surface area (TPSA) is 30.8 Å². The normalized spacial score (nSPS) is 11.4. The average molecular weight is 365 g/mol. The number of para-hydroxylation sites is 1. The summed E-state index contributed by atoms with van der Waals surface area (Å²) in [6.07, 6.45) is 0.816. The first kappa shape index (κ1) is 18.2. The van der Waals surface area contributed by atoms with Gasteiger partial charge in [0.05, 0.1) is 5.71 Å². The van der Waals surface area contributed by atoms with Gasteiger partial charge in [0.15, 0.2) is 6.61 Å². The van der Waals surface area contributed by atoms with Crippen LogP contribution in [-0.2, 0) is 4.84 Å². The van der Waals surface area contributed by atoms with Crippen LogP contribution in [0.4, 0.5) is 0 Å². The van der Waals surface area contributed by atoms with Crippen molar-refractivity contribution >= 4 is 17.0 Å². The minimum Gasteiger partial charge on any atom is -0.490 e. The first-order valence-corrected chi connectivity index (χ1v) is 9.72. The fraction of sp³-hybridized carbons (Fsp3) is 0.227. The summed E-state index contributed by atoms with van der Waals surface area (Å²) < 4.78 is 5.72. The Labute approximate surface area is 158 Å². The Kier molecular flexibility index (Phi) is 6.45. The Hall–Kier alpha value is -2.59. The summed E-state index contributed by atoms with van der Waals surface area (Å²) in [6.45, 7) is 5.01. The molecule has 1 heterocycles. The standard InChI is InChI=1S/C22H23NO2S/c1-3-21(19-10-8-18(9-11-19)20-12-15-26-16-20)23-25-14-13-24-22-7-5-4-6-17(22)2/h4-12,15-16H,3,13-14H2,1-2H3/b23-21+. The highest BCUT2D eigenvalue weighted by molar-refractivity contribution is 7.08. The van der Waals surface area contributed by atoms with Gasteiger partial charge in [-0.2, -0.15) is 11.3 Å². The molecule has 0 bridgehead atoms. The van der Waals surface area contributed by atoms with E-state index in [4.69, 9.17) is 9.57 Å². The maximum atomic E-state index is 5.72. The van der Waals surface area contributed by atoms with E-state index in [2.05, 4.69) is 53.2 Å². The molecule has 26 heavy (non-hydrogen) atoms. The Morgan fingerprint density at radius 1 is 0.962 bits per heavy atom. The van der Waals surface area contributed by atoms with E-state index in [1.54, 1.807) is 11.3 Å². The van der Waals surface area contributed by atoms with Gasteiger partial charge in [-0.15, -0.1) is 0 Å². The van der Waals surface area contributed by atoms with Gasteiger partial charge in [-0.25, -0.2) is 0 Å². The van der Waals surface area contributed by atoms with E-state index in [1.165, 1.54) is 11.1 Å². The molecule has 4 heteroatoms. The molecule has 3 aromatic rings. The summed E-state index contributed by atoms with van der Waals surface area (Å²) in [6, 6.07) is 18.6. The summed E-state index contributed by atoms with van der Waals surface area (Å²) in [5, 5.41) is 8.54. The minimum atomic E-state index is 0.421. The second kappa shape index (κ2) is 9.20. The minimum absolute atomic E-state index is 0.421. The van der Waals surface area contributed by atoms with Crippen LogP contribution in [0.3, 0.4) is 0 Å². The van der Waals surface area contributed by atoms with Crippen LogP contribution in [0.25, 0.3) is 11.1 Å². The number of ether oxygens (including phenoxy) is 1. The fourth-order valence-corrected chi connectivity index (χ4v) is 3.30. The number of hydrogen-bond acceptors (Lipinski definition) is 4. The molecule has 0 aliphatic heterocycles. The Morgan fingerprint density at radius 2 is 1.77 bits per heavy atom. The molecule has 3 rings (SSSR count). The van der Waals surface area contributed by atoms with Crippen LogP contribution >= 0.6 is 11.3 Å². The summed E-state index contributed by atoms with van der Waals surface area (Å²) in [7, 11) is 0. The lowest BCUT2D eigenvalue weighted by atomic mass is 10.0. The predicted octanol–water partition coefficient (Wildman–Crippen LogP) is 5.93. The molecular weight excluding hydrogens is 342 g/mol. The lowest BCUT2D eigenvalue weighted by Crippen LogP contribution is -2.07. The summed E-state index contributed by atoms with van der Waals surface area (Å²) in [5.41, 5.74) is 5.62. The monoisotopic (exact) mass is 365 g/mol. The van der Waals surface area contributed by atoms with Gasteiger partial charge < -0.3 is 9.57 Å². The highest BCUT2D eigenvalue weighted by atomic mass is 32.1. The average Bonchev–Trinajstić information content (AvgIpc) is 3.21. The van der Waals surface area contributed by atoms with Gasteiger partial charge in [0, 0.05) is 0 Å². The van der Waals surface area contributed by atoms with Crippen molar-refractivity contribution in [2.45, 2.75) is 20.3 Å². The number of aryl methyl sites for hydroxylation is 1. The highest BCUT2D eigenvalue weighted by Gasteiger charge is 2.04. The van der Waals surface area contributed by atoms with Crippen molar-refractivity contribution in [2.75, 3.05) is 13.2 Å². The first-order valence-electron chi connectivity index (χ1n) is 8.78. The van der Waals surface area contributed by atoms with Crippen molar-refractivity contribution < 1.29 is 9.57 Å². The molecular formula is C22H23NO2S. The number of benzene rings is 2.